The molecule has 3 rings (SSSR count). The number of hydrogen-bond acceptors (Lipinski definition) is 6. The summed E-state index contributed by atoms with van der Waals surface area (Å²) >= 11 is 6.43. The van der Waals surface area contributed by atoms with E-state index in [1.165, 1.54) is 28.8 Å². The number of aryl methyl sites for hydroxylation is 1. The molecule has 1 saturated heterocycles. The lowest BCUT2D eigenvalue weighted by atomic mass is 10.1. The van der Waals surface area contributed by atoms with Crippen molar-refractivity contribution in [2.24, 2.45) is 0 Å². The third-order valence-corrected chi connectivity index (χ3v) is 6.83. The molecular formula is C20H19N3O4S3. The molecule has 0 radical (unpaired) electrons. The first-order chi connectivity index (χ1) is 14.3. The molecule has 0 aromatic heterocycles. The first kappa shape index (κ1) is 22.2. The fourth-order valence-corrected chi connectivity index (χ4v) is 4.76. The van der Waals surface area contributed by atoms with Crippen molar-refractivity contribution in [3.05, 3.63) is 70.6 Å². The van der Waals surface area contributed by atoms with Crippen LogP contribution in [0.2, 0.25) is 0 Å². The van der Waals surface area contributed by atoms with E-state index in [0.29, 0.717) is 9.23 Å². The van der Waals surface area contributed by atoms with Gasteiger partial charge in [0.1, 0.15) is 4.32 Å². The molecule has 156 valence electrons. The highest BCUT2D eigenvalue weighted by molar-refractivity contribution is 8.26. The smallest absolute Gasteiger partial charge is 0.266 e. The van der Waals surface area contributed by atoms with Crippen molar-refractivity contribution >= 4 is 56.2 Å². The number of hydrazine groups is 1. The zero-order valence-electron chi connectivity index (χ0n) is 16.0. The zero-order chi connectivity index (χ0) is 21.7. The highest BCUT2D eigenvalue weighted by atomic mass is 32.2. The Balaban J connectivity index is 1.55. The second kappa shape index (κ2) is 9.52. The molecule has 1 fully saturated rings. The van der Waals surface area contributed by atoms with Gasteiger partial charge >= 0.3 is 0 Å². The molecule has 0 saturated carbocycles. The molecule has 7 nitrogen and oxygen atoms in total. The van der Waals surface area contributed by atoms with E-state index in [2.05, 4.69) is 5.43 Å². The standard InChI is InChI=1S/C20H19N3O4S3/c1-14-7-9-15(10-8-14)13-17-19(25)23(20(28)29-17)12-11-18(24)21-22-30(26,27)16-5-3-2-4-6-16/h2-10,13,22H,11-12H2,1H3,(H,21,24). The van der Waals surface area contributed by atoms with Gasteiger partial charge in [0.05, 0.1) is 9.80 Å². The molecule has 0 spiro atoms. The Labute approximate surface area is 184 Å². The van der Waals surface area contributed by atoms with Crippen molar-refractivity contribution in [3.8, 4) is 0 Å². The van der Waals surface area contributed by atoms with E-state index in [9.17, 15) is 18.0 Å². The number of thioether (sulfide) groups is 1. The average Bonchev–Trinajstić information content (AvgIpc) is 3.00. The minimum absolute atomic E-state index is 0.0310. The predicted octanol–water partition coefficient (Wildman–Crippen LogP) is 2.60. The Morgan fingerprint density at radius 3 is 2.47 bits per heavy atom. The molecule has 2 aromatic carbocycles. The number of sulfonamides is 1. The van der Waals surface area contributed by atoms with Crippen LogP contribution in [0.4, 0.5) is 0 Å². The number of nitrogens with one attached hydrogen (secondary N) is 2. The largest absolute Gasteiger partial charge is 0.292 e. The Hall–Kier alpha value is -2.53. The van der Waals surface area contributed by atoms with Gasteiger partial charge in [0.25, 0.3) is 15.9 Å². The van der Waals surface area contributed by atoms with Crippen LogP contribution in [0.1, 0.15) is 17.5 Å². The summed E-state index contributed by atoms with van der Waals surface area (Å²) in [6.07, 6.45) is 1.65. The normalized spacial score (nSPS) is 15.6. The lowest BCUT2D eigenvalue weighted by Gasteiger charge is -2.14. The van der Waals surface area contributed by atoms with Crippen LogP contribution in [-0.4, -0.2) is 36.0 Å². The van der Waals surface area contributed by atoms with E-state index in [-0.39, 0.29) is 23.8 Å². The van der Waals surface area contributed by atoms with Crippen LogP contribution in [0.15, 0.2) is 64.4 Å². The van der Waals surface area contributed by atoms with Gasteiger partial charge in [-0.25, -0.2) is 8.42 Å². The minimum atomic E-state index is -3.86. The van der Waals surface area contributed by atoms with Crippen LogP contribution in [0.25, 0.3) is 6.08 Å². The van der Waals surface area contributed by atoms with E-state index < -0.39 is 15.9 Å². The zero-order valence-corrected chi connectivity index (χ0v) is 18.4. The molecule has 0 aliphatic carbocycles. The Bertz CT molecular complexity index is 1100. The SMILES string of the molecule is Cc1ccc(C=C2SC(=S)N(CCC(=O)NNS(=O)(=O)c3ccccc3)C2=O)cc1. The Morgan fingerprint density at radius 2 is 1.80 bits per heavy atom. The summed E-state index contributed by atoms with van der Waals surface area (Å²) in [7, 11) is -3.86. The van der Waals surface area contributed by atoms with Crippen LogP contribution in [0.5, 0.6) is 0 Å². The molecule has 0 bridgehead atoms. The molecule has 1 aliphatic rings. The van der Waals surface area contributed by atoms with Crippen molar-refractivity contribution in [3.63, 3.8) is 0 Å². The van der Waals surface area contributed by atoms with E-state index in [4.69, 9.17) is 12.2 Å². The van der Waals surface area contributed by atoms with Gasteiger partial charge in [0, 0.05) is 13.0 Å². The summed E-state index contributed by atoms with van der Waals surface area (Å²) in [5, 5.41) is 0. The molecule has 2 amide bonds. The van der Waals surface area contributed by atoms with Gasteiger partial charge in [0.15, 0.2) is 0 Å². The molecule has 0 atom stereocenters. The number of carbonyl (C=O) groups excluding carboxylic acids is 2. The number of amides is 2. The van der Waals surface area contributed by atoms with Gasteiger partial charge in [-0.3, -0.25) is 19.9 Å². The monoisotopic (exact) mass is 461 g/mol. The van der Waals surface area contributed by atoms with E-state index in [1.54, 1.807) is 24.3 Å². The van der Waals surface area contributed by atoms with Gasteiger partial charge in [-0.05, 0) is 30.7 Å². The molecule has 2 aromatic rings. The van der Waals surface area contributed by atoms with Gasteiger partial charge in [0.2, 0.25) is 5.91 Å². The minimum Gasteiger partial charge on any atom is -0.292 e. The lowest BCUT2D eigenvalue weighted by molar-refractivity contribution is -0.124. The second-order valence-corrected chi connectivity index (χ2v) is 9.82. The molecule has 1 aliphatic heterocycles. The summed E-state index contributed by atoms with van der Waals surface area (Å²) < 4.78 is 24.6. The van der Waals surface area contributed by atoms with Crippen LogP contribution in [-0.2, 0) is 19.6 Å². The molecule has 30 heavy (non-hydrogen) atoms. The lowest BCUT2D eigenvalue weighted by Crippen LogP contribution is -2.43. The Kier molecular flexibility index (Phi) is 7.03. The number of carbonyl (C=O) groups is 2. The summed E-state index contributed by atoms with van der Waals surface area (Å²) in [5.41, 5.74) is 4.15. The van der Waals surface area contributed by atoms with Gasteiger partial charge in [-0.2, -0.15) is 0 Å². The third kappa shape index (κ3) is 5.54. The van der Waals surface area contributed by atoms with Crippen molar-refractivity contribution in [1.29, 1.82) is 0 Å². The number of hydrogen-bond donors (Lipinski definition) is 2. The Morgan fingerprint density at radius 1 is 1.13 bits per heavy atom. The van der Waals surface area contributed by atoms with E-state index in [1.807, 2.05) is 36.0 Å². The van der Waals surface area contributed by atoms with E-state index in [0.717, 1.165) is 11.1 Å². The van der Waals surface area contributed by atoms with Gasteiger partial charge in [-0.15, -0.1) is 4.83 Å². The molecule has 0 unspecified atom stereocenters. The molecule has 2 N–H and O–H groups in total. The summed E-state index contributed by atoms with van der Waals surface area (Å²) in [6.45, 7) is 2.03. The highest BCUT2D eigenvalue weighted by Gasteiger charge is 2.32. The second-order valence-electron chi connectivity index (χ2n) is 6.46. The van der Waals surface area contributed by atoms with Gasteiger partial charge in [-0.1, -0.05) is 72.0 Å². The molecule has 1 heterocycles. The van der Waals surface area contributed by atoms with Crippen LogP contribution in [0, 0.1) is 6.92 Å². The third-order valence-electron chi connectivity index (χ3n) is 4.19. The van der Waals surface area contributed by atoms with Crippen LogP contribution >= 0.6 is 24.0 Å². The maximum atomic E-state index is 12.6. The maximum absolute atomic E-state index is 12.6. The highest BCUT2D eigenvalue weighted by Crippen LogP contribution is 2.32. The maximum Gasteiger partial charge on any atom is 0.266 e. The number of thiocarbonyl (C=S) groups is 1. The average molecular weight is 462 g/mol. The molecule has 10 heteroatoms. The van der Waals surface area contributed by atoms with Crippen molar-refractivity contribution in [2.75, 3.05) is 6.54 Å². The number of benzene rings is 2. The number of nitrogens with zero attached hydrogens (tertiary/aromatic N) is 1. The summed E-state index contributed by atoms with van der Waals surface area (Å²) in [4.78, 5) is 28.6. The molecular weight excluding hydrogens is 442 g/mol. The van der Waals surface area contributed by atoms with E-state index >= 15 is 0 Å². The summed E-state index contributed by atoms with van der Waals surface area (Å²) in [5.74, 6) is -0.852. The fraction of sp³-hybridized carbons (Fsp3) is 0.150. The first-order valence-corrected chi connectivity index (χ1v) is 11.6. The van der Waals surface area contributed by atoms with Crippen molar-refractivity contribution < 1.29 is 18.0 Å². The first-order valence-electron chi connectivity index (χ1n) is 8.94. The number of rotatable bonds is 7. The van der Waals surface area contributed by atoms with Crippen molar-refractivity contribution in [2.45, 2.75) is 18.2 Å². The predicted molar refractivity (Wildman–Crippen MR) is 121 cm³/mol. The van der Waals surface area contributed by atoms with Crippen LogP contribution < -0.4 is 10.3 Å². The van der Waals surface area contributed by atoms with Crippen molar-refractivity contribution in [1.82, 2.24) is 15.2 Å². The van der Waals surface area contributed by atoms with Gasteiger partial charge < -0.3 is 0 Å². The topological polar surface area (TPSA) is 95.6 Å². The summed E-state index contributed by atoms with van der Waals surface area (Å²) in [6, 6.07) is 15.4. The van der Waals surface area contributed by atoms with Crippen LogP contribution in [0.3, 0.4) is 0 Å². The quantitative estimate of drug-likeness (QED) is 0.374. The fourth-order valence-electron chi connectivity index (χ4n) is 2.57.